The maximum absolute atomic E-state index is 5.13. The zero-order chi connectivity index (χ0) is 12.1. The predicted molar refractivity (Wildman–Crippen MR) is 63.5 cm³/mol. The van der Waals surface area contributed by atoms with Gasteiger partial charge in [0.25, 0.3) is 0 Å². The Kier molecular flexibility index (Phi) is 3.72. The van der Waals surface area contributed by atoms with Gasteiger partial charge in [-0.3, -0.25) is 0 Å². The monoisotopic (exact) mass is 233 g/mol. The second-order valence-corrected chi connectivity index (χ2v) is 3.67. The van der Waals surface area contributed by atoms with Crippen LogP contribution in [-0.2, 0) is 17.9 Å². The van der Waals surface area contributed by atoms with Gasteiger partial charge in [-0.25, -0.2) is 0 Å². The van der Waals surface area contributed by atoms with E-state index in [0.29, 0.717) is 24.9 Å². The van der Waals surface area contributed by atoms with Crippen molar-refractivity contribution < 1.29 is 9.26 Å². The van der Waals surface area contributed by atoms with Crippen LogP contribution in [0.4, 0.5) is 5.69 Å². The van der Waals surface area contributed by atoms with E-state index in [0.717, 1.165) is 11.3 Å². The van der Waals surface area contributed by atoms with Crippen molar-refractivity contribution in [3.05, 3.63) is 41.5 Å². The summed E-state index contributed by atoms with van der Waals surface area (Å²) in [5.41, 5.74) is 2.13. The first-order valence-electron chi connectivity index (χ1n) is 5.39. The molecule has 0 amide bonds. The van der Waals surface area contributed by atoms with Gasteiger partial charge in [-0.15, -0.1) is 0 Å². The van der Waals surface area contributed by atoms with E-state index < -0.39 is 0 Å². The van der Waals surface area contributed by atoms with Crippen LogP contribution in [0.1, 0.15) is 17.3 Å². The number of ether oxygens (including phenoxy) is 1. The molecule has 5 heteroatoms. The smallest absolute Gasteiger partial charge is 0.223 e. The molecule has 0 aliphatic carbocycles. The number of methoxy groups -OCH3 is 1. The molecular formula is C12H15N3O2. The fraction of sp³-hybridized carbons (Fsp3) is 0.333. The lowest BCUT2D eigenvalue weighted by Crippen LogP contribution is -2.04. The topological polar surface area (TPSA) is 60.2 Å². The van der Waals surface area contributed by atoms with Crippen LogP contribution in [0, 0.1) is 6.92 Å². The van der Waals surface area contributed by atoms with Crippen molar-refractivity contribution >= 4 is 5.69 Å². The highest BCUT2D eigenvalue weighted by Gasteiger charge is 2.04. The van der Waals surface area contributed by atoms with Crippen molar-refractivity contribution in [3.63, 3.8) is 0 Å². The molecule has 0 saturated carbocycles. The number of nitrogens with one attached hydrogen (secondary N) is 1. The van der Waals surface area contributed by atoms with E-state index in [1.165, 1.54) is 0 Å². The Balaban J connectivity index is 2.03. The summed E-state index contributed by atoms with van der Waals surface area (Å²) >= 11 is 0. The molecule has 2 aromatic rings. The van der Waals surface area contributed by atoms with Crippen LogP contribution in [0.5, 0.6) is 0 Å². The molecule has 90 valence electrons. The third kappa shape index (κ3) is 3.04. The van der Waals surface area contributed by atoms with Crippen LogP contribution in [0.2, 0.25) is 0 Å². The highest BCUT2D eigenvalue weighted by atomic mass is 16.5. The summed E-state index contributed by atoms with van der Waals surface area (Å²) in [4.78, 5) is 4.13. The van der Waals surface area contributed by atoms with Gasteiger partial charge in [-0.05, 0) is 6.07 Å². The Bertz CT molecular complexity index is 482. The molecule has 5 nitrogen and oxygen atoms in total. The van der Waals surface area contributed by atoms with Crippen LogP contribution < -0.4 is 5.32 Å². The van der Waals surface area contributed by atoms with Gasteiger partial charge in [-0.1, -0.05) is 23.4 Å². The van der Waals surface area contributed by atoms with Gasteiger partial charge in [-0.2, -0.15) is 4.98 Å². The molecule has 0 aliphatic heterocycles. The number of hydrogen-bond donors (Lipinski definition) is 1. The maximum atomic E-state index is 5.13. The molecule has 0 spiro atoms. The quantitative estimate of drug-likeness (QED) is 0.857. The molecule has 17 heavy (non-hydrogen) atoms. The Hall–Kier alpha value is -1.88. The van der Waals surface area contributed by atoms with Gasteiger partial charge >= 0.3 is 0 Å². The van der Waals surface area contributed by atoms with E-state index in [1.54, 1.807) is 14.0 Å². The fourth-order valence-corrected chi connectivity index (χ4v) is 1.56. The molecule has 1 aromatic heterocycles. The summed E-state index contributed by atoms with van der Waals surface area (Å²) in [7, 11) is 1.68. The number of aromatic nitrogens is 2. The van der Waals surface area contributed by atoms with Crippen molar-refractivity contribution in [1.82, 2.24) is 10.1 Å². The minimum atomic E-state index is 0.540. The standard InChI is InChI=1S/C12H15N3O2/c1-9-14-12(15-17-9)7-13-11-6-4-3-5-10(11)8-16-2/h3-6,13H,7-8H2,1-2H3. The van der Waals surface area contributed by atoms with Crippen LogP contribution in [0.15, 0.2) is 28.8 Å². The molecule has 0 saturated heterocycles. The Morgan fingerprint density at radius 3 is 2.88 bits per heavy atom. The normalized spacial score (nSPS) is 10.5. The van der Waals surface area contributed by atoms with Gasteiger partial charge in [0, 0.05) is 25.3 Å². The van der Waals surface area contributed by atoms with E-state index in [9.17, 15) is 0 Å². The maximum Gasteiger partial charge on any atom is 0.223 e. The highest BCUT2D eigenvalue weighted by molar-refractivity contribution is 5.50. The van der Waals surface area contributed by atoms with E-state index >= 15 is 0 Å². The highest BCUT2D eigenvalue weighted by Crippen LogP contribution is 2.16. The lowest BCUT2D eigenvalue weighted by molar-refractivity contribution is 0.185. The van der Waals surface area contributed by atoms with E-state index in [-0.39, 0.29) is 0 Å². The zero-order valence-electron chi connectivity index (χ0n) is 9.93. The summed E-state index contributed by atoms with van der Waals surface area (Å²) in [6.45, 7) is 2.89. The average Bonchev–Trinajstić information content (AvgIpc) is 2.74. The summed E-state index contributed by atoms with van der Waals surface area (Å²) in [6.07, 6.45) is 0. The first kappa shape index (κ1) is 11.6. The number of nitrogens with zero attached hydrogens (tertiary/aromatic N) is 2. The number of benzene rings is 1. The van der Waals surface area contributed by atoms with Crippen molar-refractivity contribution in [3.8, 4) is 0 Å². The molecule has 0 radical (unpaired) electrons. The van der Waals surface area contributed by atoms with Crippen LogP contribution in [0.3, 0.4) is 0 Å². The number of aryl methyl sites for hydroxylation is 1. The number of anilines is 1. The SMILES string of the molecule is COCc1ccccc1NCc1noc(C)n1. The van der Waals surface area contributed by atoms with Crippen LogP contribution in [0.25, 0.3) is 0 Å². The van der Waals surface area contributed by atoms with E-state index in [2.05, 4.69) is 15.5 Å². The molecule has 0 atom stereocenters. The van der Waals surface area contributed by atoms with E-state index in [1.807, 2.05) is 24.3 Å². The third-order valence-corrected chi connectivity index (χ3v) is 2.32. The van der Waals surface area contributed by atoms with Gasteiger partial charge in [0.05, 0.1) is 13.2 Å². The molecule has 0 aliphatic rings. The molecule has 0 fully saturated rings. The van der Waals surface area contributed by atoms with Crippen molar-refractivity contribution in [2.75, 3.05) is 12.4 Å². The van der Waals surface area contributed by atoms with Crippen LogP contribution in [-0.4, -0.2) is 17.3 Å². The summed E-state index contributed by atoms with van der Waals surface area (Å²) in [6, 6.07) is 7.98. The first-order chi connectivity index (χ1) is 8.29. The molecule has 2 rings (SSSR count). The minimum absolute atomic E-state index is 0.540. The lowest BCUT2D eigenvalue weighted by atomic mass is 10.2. The predicted octanol–water partition coefficient (Wildman–Crippen LogP) is 2.14. The van der Waals surface area contributed by atoms with Crippen molar-refractivity contribution in [2.24, 2.45) is 0 Å². The Labute approximate surface area is 99.8 Å². The Morgan fingerprint density at radius 1 is 1.35 bits per heavy atom. The van der Waals surface area contributed by atoms with Crippen molar-refractivity contribution in [1.29, 1.82) is 0 Å². The van der Waals surface area contributed by atoms with Gasteiger partial charge in [0.1, 0.15) is 0 Å². The average molecular weight is 233 g/mol. The first-order valence-corrected chi connectivity index (χ1v) is 5.39. The Morgan fingerprint density at radius 2 is 2.18 bits per heavy atom. The number of rotatable bonds is 5. The number of para-hydroxylation sites is 1. The largest absolute Gasteiger partial charge is 0.380 e. The second-order valence-electron chi connectivity index (χ2n) is 3.67. The molecule has 1 aromatic carbocycles. The van der Waals surface area contributed by atoms with E-state index in [4.69, 9.17) is 9.26 Å². The summed E-state index contributed by atoms with van der Waals surface area (Å²) < 4.78 is 10.0. The molecule has 1 N–H and O–H groups in total. The van der Waals surface area contributed by atoms with Crippen molar-refractivity contribution in [2.45, 2.75) is 20.1 Å². The minimum Gasteiger partial charge on any atom is -0.380 e. The lowest BCUT2D eigenvalue weighted by Gasteiger charge is -2.09. The second kappa shape index (κ2) is 5.45. The summed E-state index contributed by atoms with van der Waals surface area (Å²) in [5.74, 6) is 1.22. The number of hydrogen-bond acceptors (Lipinski definition) is 5. The van der Waals surface area contributed by atoms with Crippen LogP contribution >= 0.6 is 0 Å². The fourth-order valence-electron chi connectivity index (χ4n) is 1.56. The molecular weight excluding hydrogens is 218 g/mol. The molecule has 0 unspecified atom stereocenters. The summed E-state index contributed by atoms with van der Waals surface area (Å²) in [5, 5.41) is 7.09. The zero-order valence-corrected chi connectivity index (χ0v) is 9.93. The van der Waals surface area contributed by atoms with Gasteiger partial charge in [0.15, 0.2) is 5.82 Å². The molecule has 0 bridgehead atoms. The van der Waals surface area contributed by atoms with Gasteiger partial charge < -0.3 is 14.6 Å². The third-order valence-electron chi connectivity index (χ3n) is 2.32. The molecule has 1 heterocycles. The van der Waals surface area contributed by atoms with Gasteiger partial charge in [0.2, 0.25) is 5.89 Å².